The smallest absolute Gasteiger partial charge is 0.0632 e. The van der Waals surface area contributed by atoms with Gasteiger partial charge in [-0.15, -0.1) is 0 Å². The molecule has 0 atom stereocenters. The SMILES string of the molecule is C/C(=C/Cl)Cn1cc(Br)cn1. The fraction of sp³-hybridized carbons (Fsp3) is 0.286. The maximum absolute atomic E-state index is 5.49. The number of hydrogen-bond acceptors (Lipinski definition) is 1. The normalized spacial score (nSPS) is 12.1. The fourth-order valence-electron chi connectivity index (χ4n) is 0.715. The lowest BCUT2D eigenvalue weighted by Gasteiger charge is -1.98. The molecule has 0 aliphatic rings. The van der Waals surface area contributed by atoms with Gasteiger partial charge in [-0.3, -0.25) is 4.68 Å². The average Bonchev–Trinajstić information content (AvgIpc) is 2.35. The third-order valence-electron chi connectivity index (χ3n) is 1.20. The first-order chi connectivity index (χ1) is 5.22. The van der Waals surface area contributed by atoms with Crippen LogP contribution in [0.15, 0.2) is 28.0 Å². The van der Waals surface area contributed by atoms with Crippen LogP contribution in [0.25, 0.3) is 0 Å². The van der Waals surface area contributed by atoms with Crippen LogP contribution in [-0.2, 0) is 6.54 Å². The molecule has 60 valence electrons. The molecule has 0 unspecified atom stereocenters. The van der Waals surface area contributed by atoms with Gasteiger partial charge in [0.15, 0.2) is 0 Å². The van der Waals surface area contributed by atoms with Gasteiger partial charge in [-0.25, -0.2) is 0 Å². The Morgan fingerprint density at radius 3 is 3.09 bits per heavy atom. The minimum absolute atomic E-state index is 0.745. The van der Waals surface area contributed by atoms with Crippen molar-refractivity contribution < 1.29 is 0 Å². The van der Waals surface area contributed by atoms with Gasteiger partial charge in [-0.05, 0) is 28.4 Å². The highest BCUT2D eigenvalue weighted by molar-refractivity contribution is 9.10. The Balaban J connectivity index is 2.65. The second-order valence-corrected chi connectivity index (χ2v) is 3.45. The van der Waals surface area contributed by atoms with E-state index in [4.69, 9.17) is 11.6 Å². The predicted octanol–water partition coefficient (Wildman–Crippen LogP) is 2.79. The topological polar surface area (TPSA) is 17.8 Å². The summed E-state index contributed by atoms with van der Waals surface area (Å²) in [5.74, 6) is 0. The van der Waals surface area contributed by atoms with Gasteiger partial charge in [0.25, 0.3) is 0 Å². The van der Waals surface area contributed by atoms with Crippen LogP contribution in [0, 0.1) is 0 Å². The minimum Gasteiger partial charge on any atom is -0.267 e. The third-order valence-corrected chi connectivity index (χ3v) is 1.98. The first-order valence-electron chi connectivity index (χ1n) is 3.16. The summed E-state index contributed by atoms with van der Waals surface area (Å²) in [5.41, 5.74) is 2.65. The van der Waals surface area contributed by atoms with Gasteiger partial charge in [-0.2, -0.15) is 5.10 Å². The lowest BCUT2D eigenvalue weighted by molar-refractivity contribution is 0.678. The van der Waals surface area contributed by atoms with Gasteiger partial charge in [0, 0.05) is 11.7 Å². The van der Waals surface area contributed by atoms with Crippen molar-refractivity contribution in [3.8, 4) is 0 Å². The van der Waals surface area contributed by atoms with E-state index in [0.29, 0.717) is 0 Å². The highest BCUT2D eigenvalue weighted by Gasteiger charge is 1.94. The van der Waals surface area contributed by atoms with Crippen molar-refractivity contribution in [3.63, 3.8) is 0 Å². The molecular weight excluding hydrogens is 227 g/mol. The monoisotopic (exact) mass is 234 g/mol. The Morgan fingerprint density at radius 2 is 2.64 bits per heavy atom. The summed E-state index contributed by atoms with van der Waals surface area (Å²) < 4.78 is 2.80. The van der Waals surface area contributed by atoms with Crippen LogP contribution in [0.5, 0.6) is 0 Å². The zero-order valence-corrected chi connectivity index (χ0v) is 8.43. The molecule has 1 aromatic rings. The van der Waals surface area contributed by atoms with Crippen molar-refractivity contribution in [2.24, 2.45) is 0 Å². The van der Waals surface area contributed by atoms with Crippen molar-refractivity contribution in [1.29, 1.82) is 0 Å². The summed E-state index contributed by atoms with van der Waals surface area (Å²) in [5, 5.41) is 4.07. The molecule has 4 heteroatoms. The van der Waals surface area contributed by atoms with Crippen LogP contribution in [0.1, 0.15) is 6.92 Å². The molecular formula is C7H8BrClN2. The molecule has 0 spiro atoms. The first-order valence-corrected chi connectivity index (χ1v) is 4.39. The van der Waals surface area contributed by atoms with E-state index in [1.54, 1.807) is 11.7 Å². The van der Waals surface area contributed by atoms with E-state index in [0.717, 1.165) is 16.6 Å². The molecule has 0 bridgehead atoms. The van der Waals surface area contributed by atoms with Crippen LogP contribution in [0.4, 0.5) is 0 Å². The lowest BCUT2D eigenvalue weighted by atomic mass is 10.3. The predicted molar refractivity (Wildman–Crippen MR) is 49.5 cm³/mol. The van der Waals surface area contributed by atoms with Crippen molar-refractivity contribution >= 4 is 27.5 Å². The van der Waals surface area contributed by atoms with Crippen LogP contribution in [0.3, 0.4) is 0 Å². The third kappa shape index (κ3) is 2.67. The maximum atomic E-state index is 5.49. The van der Waals surface area contributed by atoms with Crippen LogP contribution < -0.4 is 0 Å². The van der Waals surface area contributed by atoms with Gasteiger partial charge in [0.05, 0.1) is 17.2 Å². The molecule has 0 aromatic carbocycles. The molecule has 0 aliphatic carbocycles. The molecule has 0 fully saturated rings. The highest BCUT2D eigenvalue weighted by Crippen LogP contribution is 2.08. The van der Waals surface area contributed by atoms with Crippen LogP contribution in [-0.4, -0.2) is 9.78 Å². The zero-order chi connectivity index (χ0) is 8.27. The standard InChI is InChI=1S/C7H8BrClN2/c1-6(2-9)4-11-5-7(8)3-10-11/h2-3,5H,4H2,1H3/b6-2-. The summed E-state index contributed by atoms with van der Waals surface area (Å²) in [6, 6.07) is 0. The summed E-state index contributed by atoms with van der Waals surface area (Å²) in [4.78, 5) is 0. The molecule has 0 aliphatic heterocycles. The van der Waals surface area contributed by atoms with Crippen LogP contribution in [0.2, 0.25) is 0 Å². The summed E-state index contributed by atoms with van der Waals surface area (Å²) >= 11 is 8.80. The second kappa shape index (κ2) is 3.93. The van der Waals surface area contributed by atoms with Crippen molar-refractivity contribution in [2.45, 2.75) is 13.5 Å². The Hall–Kier alpha value is -0.280. The van der Waals surface area contributed by atoms with Gasteiger partial charge < -0.3 is 0 Å². The largest absolute Gasteiger partial charge is 0.267 e. The molecule has 0 saturated carbocycles. The second-order valence-electron chi connectivity index (χ2n) is 2.31. The van der Waals surface area contributed by atoms with Crippen molar-refractivity contribution in [1.82, 2.24) is 9.78 Å². The number of aromatic nitrogens is 2. The van der Waals surface area contributed by atoms with Gasteiger partial charge in [0.1, 0.15) is 0 Å². The highest BCUT2D eigenvalue weighted by atomic mass is 79.9. The molecule has 2 nitrogen and oxygen atoms in total. The molecule has 0 saturated heterocycles. The lowest BCUT2D eigenvalue weighted by Crippen LogP contribution is -1.98. The Labute approximate surface area is 79.0 Å². The number of nitrogens with zero attached hydrogens (tertiary/aromatic N) is 2. The maximum Gasteiger partial charge on any atom is 0.0632 e. The minimum atomic E-state index is 0.745. The average molecular weight is 236 g/mol. The molecule has 1 aromatic heterocycles. The molecule has 0 radical (unpaired) electrons. The quantitative estimate of drug-likeness (QED) is 0.771. The van der Waals surface area contributed by atoms with Crippen molar-refractivity contribution in [3.05, 3.63) is 28.0 Å². The van der Waals surface area contributed by atoms with E-state index in [9.17, 15) is 0 Å². The van der Waals surface area contributed by atoms with Gasteiger partial charge >= 0.3 is 0 Å². The molecule has 0 N–H and O–H groups in total. The number of allylic oxidation sites excluding steroid dienone is 1. The zero-order valence-electron chi connectivity index (χ0n) is 6.09. The van der Waals surface area contributed by atoms with Gasteiger partial charge in [0.2, 0.25) is 0 Å². The van der Waals surface area contributed by atoms with E-state index >= 15 is 0 Å². The van der Waals surface area contributed by atoms with E-state index in [1.807, 2.05) is 17.8 Å². The van der Waals surface area contributed by atoms with Crippen LogP contribution >= 0.6 is 27.5 Å². The van der Waals surface area contributed by atoms with Gasteiger partial charge in [-0.1, -0.05) is 11.6 Å². The molecule has 0 amide bonds. The molecule has 1 rings (SSSR count). The van der Waals surface area contributed by atoms with Crippen molar-refractivity contribution in [2.75, 3.05) is 0 Å². The van der Waals surface area contributed by atoms with E-state index in [2.05, 4.69) is 21.0 Å². The van der Waals surface area contributed by atoms with E-state index in [1.165, 1.54) is 0 Å². The Kier molecular flexibility index (Phi) is 3.15. The summed E-state index contributed by atoms with van der Waals surface area (Å²) in [6.07, 6.45) is 3.66. The number of hydrogen-bond donors (Lipinski definition) is 0. The summed E-state index contributed by atoms with van der Waals surface area (Å²) in [7, 11) is 0. The Bertz CT molecular complexity index is 267. The summed E-state index contributed by atoms with van der Waals surface area (Å²) in [6.45, 7) is 2.71. The van der Waals surface area contributed by atoms with E-state index < -0.39 is 0 Å². The molecule has 11 heavy (non-hydrogen) atoms. The van der Waals surface area contributed by atoms with E-state index in [-0.39, 0.29) is 0 Å². The Morgan fingerprint density at radius 1 is 1.91 bits per heavy atom. The molecule has 1 heterocycles. The number of rotatable bonds is 2. The fourth-order valence-corrected chi connectivity index (χ4v) is 1.11. The number of halogens is 2. The first kappa shape index (κ1) is 8.81.